The van der Waals surface area contributed by atoms with Gasteiger partial charge in [0, 0.05) is 144 Å². The largest absolute Gasteiger partial charge is 0.507 e. The van der Waals surface area contributed by atoms with E-state index in [-0.39, 0.29) is 108 Å². The molecule has 9 aromatic heterocycles. The number of carbonyl (C=O) groups excluding carboxylic acids is 4. The number of likely N-dealkylation sites (tertiary alicyclic amines) is 4. The number of halogens is 1. The van der Waals surface area contributed by atoms with Crippen molar-refractivity contribution in [2.24, 2.45) is 23.7 Å². The molecule has 0 spiro atoms. The number of pyridine rings is 1. The zero-order chi connectivity index (χ0) is 100.0. The Hall–Kier alpha value is -12.6. The van der Waals surface area contributed by atoms with Crippen LogP contribution in [-0.4, -0.2) is 251 Å². The SMILES string of the molecule is Cc1ncsc1-c1ccc([C@H](C)NC(=O)[C@@H]2C[C@@H](O)CN2C(=O)C(c2cc(N3CCC(CN4CCC(c5cc(N6CCC(n7nc(N)c8nnc(-c9ccc(C[C@H](NC(=O)[C@@H]%10C[C@@H](O)CN%10C(=O)C(c%10cc(N%11CCC(CN%12CCC(n%13nc(NC(C)C)c%14nnc(-c%15cccc(Cl)c%15O)cc%14%13)CC%12)CC%11)no%10)C(C)C)c%10ccc(-c%11scnc%11C)cc%10)cc9O)cc87)CC6)ccn5)CC4)CC3)no2)C(C)C)cc1. The van der Waals surface area contributed by atoms with E-state index in [4.69, 9.17) is 41.6 Å². The molecule has 2 unspecified atom stereocenters. The summed E-state index contributed by atoms with van der Waals surface area (Å²) in [5, 5.41) is 93.0. The van der Waals surface area contributed by atoms with Crippen molar-refractivity contribution in [2.45, 2.75) is 218 Å². The normalized spacial score (nSPS) is 20.1. The lowest BCUT2D eigenvalue weighted by atomic mass is 9.90. The topological polar surface area (TPSA) is 412 Å². The highest BCUT2D eigenvalue weighted by Crippen LogP contribution is 2.45. The van der Waals surface area contributed by atoms with Crippen LogP contribution in [0.25, 0.3) is 65.5 Å². The summed E-state index contributed by atoms with van der Waals surface area (Å²) >= 11 is 9.47. The number of aromatic hydroxyl groups is 2. The Morgan fingerprint density at radius 3 is 1.58 bits per heavy atom. The minimum atomic E-state index is -1.01. The van der Waals surface area contributed by atoms with E-state index in [1.807, 2.05) is 155 Å². The molecular formula is C107H129ClN24O10S2. The minimum absolute atomic E-state index is 0.00736. The number of nitrogens with zero attached hydrogens (tertiary/aromatic N) is 20. The number of β-amino-alcohol motifs (C(OH)–C–C–N with tert-alkyl or cyclic N) is 2. The van der Waals surface area contributed by atoms with Crippen LogP contribution >= 0.6 is 34.3 Å². The summed E-state index contributed by atoms with van der Waals surface area (Å²) in [6, 6.07) is 36.3. The number of rotatable bonds is 30. The van der Waals surface area contributed by atoms with Gasteiger partial charge in [0.05, 0.1) is 96.0 Å². The summed E-state index contributed by atoms with van der Waals surface area (Å²) in [4.78, 5) is 90.2. The molecule has 756 valence electrons. The maximum Gasteiger partial charge on any atom is 0.243 e. The first kappa shape index (κ1) is 98.8. The summed E-state index contributed by atoms with van der Waals surface area (Å²) in [6.07, 6.45) is 9.98. The fourth-order valence-electron chi connectivity index (χ4n) is 22.8. The van der Waals surface area contributed by atoms with E-state index < -0.39 is 48.1 Å². The van der Waals surface area contributed by atoms with Crippen LogP contribution in [0.5, 0.6) is 11.5 Å². The maximum absolute atomic E-state index is 15.2. The number of phenolic OH excluding ortho intramolecular Hbond substituents is 2. The molecule has 20 rings (SSSR count). The quantitative estimate of drug-likeness (QED) is 0.0207. The van der Waals surface area contributed by atoms with Gasteiger partial charge < -0.3 is 85.5 Å². The van der Waals surface area contributed by atoms with Crippen molar-refractivity contribution in [3.8, 4) is 54.9 Å². The Labute approximate surface area is 850 Å². The van der Waals surface area contributed by atoms with E-state index in [2.05, 4.69) is 112 Å². The number of carbonyl (C=O) groups is 4. The van der Waals surface area contributed by atoms with Crippen LogP contribution in [0, 0.1) is 37.5 Å². The third kappa shape index (κ3) is 21.1. The molecule has 144 heavy (non-hydrogen) atoms. The van der Waals surface area contributed by atoms with E-state index in [9.17, 15) is 30.0 Å². The Balaban J connectivity index is 0.430. The number of para-hydroxylation sites is 1. The number of hydrogen-bond acceptors (Lipinski definition) is 30. The number of nitrogens with two attached hydrogens (primary N) is 1. The molecule has 34 nitrogen and oxygen atoms in total. The van der Waals surface area contributed by atoms with Crippen molar-refractivity contribution in [2.75, 3.05) is 117 Å². The zero-order valence-electron chi connectivity index (χ0n) is 83.1. The predicted octanol–water partition coefficient (Wildman–Crippen LogP) is 15.9. The summed E-state index contributed by atoms with van der Waals surface area (Å²) < 4.78 is 16.2. The first-order chi connectivity index (χ1) is 69.6. The molecule has 0 aliphatic carbocycles. The Morgan fingerprint density at radius 2 is 1.04 bits per heavy atom. The fraction of sp³-hybridized carbons (Fsp3) is 0.486. The maximum atomic E-state index is 15.2. The van der Waals surface area contributed by atoms with Crippen molar-refractivity contribution in [3.63, 3.8) is 0 Å². The number of aliphatic hydroxyl groups excluding tert-OH is 2. The summed E-state index contributed by atoms with van der Waals surface area (Å²) in [5.41, 5.74) is 23.6. The summed E-state index contributed by atoms with van der Waals surface area (Å²) in [6.45, 7) is 28.5. The lowest BCUT2D eigenvalue weighted by Crippen LogP contribution is -2.49. The molecule has 0 radical (unpaired) electrons. The lowest BCUT2D eigenvalue weighted by Gasteiger charge is -2.38. The lowest BCUT2D eigenvalue weighted by molar-refractivity contribution is -0.141. The van der Waals surface area contributed by atoms with E-state index in [1.54, 1.807) is 46.9 Å². The molecule has 13 aromatic rings. The van der Waals surface area contributed by atoms with Crippen molar-refractivity contribution in [1.29, 1.82) is 0 Å². The third-order valence-electron chi connectivity index (χ3n) is 30.8. The van der Waals surface area contributed by atoms with Gasteiger partial charge >= 0.3 is 0 Å². The van der Waals surface area contributed by atoms with Gasteiger partial charge in [0.2, 0.25) is 23.6 Å². The number of aromatic nitrogens is 13. The standard InChI is InChI=1S/C107H129ClN24O10S2/c1-60(2)95(106(139)129-56-77(133)48-88(129)104(137)114-63(7)69-14-18-72(19-15-69)100-64(8)111-58-143-100)91-52-93(122-141-91)127-39-24-66(25-40-127)54-124-35-28-71(29-36-124)82-47-76(23-34-110-82)126-43-32-75(33-44-126)131-86-50-84(116-118-97(86)102(109)120-131)79-22-13-68(46-90(79)135)45-83(70-16-20-73(21-17-70)101-65(9)112-59-144-101)115-105(138)89-49-78(134)57-130(89)107(140)96(61(3)4)92-53-94(123-142-92)128-41-26-67(27-42-128)55-125-37-30-74(31-38-125)132-87-51-85(80-11-10-12-81(108)99(80)136)117-119-98(87)103(121-132)113-62(5)6/h10-23,34,46-47,50-53,58-63,66-67,71,74-75,77-78,83,88-89,95-96,133-136H,24-33,35-45,48-49,54-57H2,1-9H3,(H2,109,120)(H,113,121)(H,114,137)(H,115,138)/t63-,77+,78+,83-,88-,89-,95?,96?/m0/s1. The summed E-state index contributed by atoms with van der Waals surface area (Å²) in [5.74, 6) is 1.27. The highest BCUT2D eigenvalue weighted by Gasteiger charge is 2.47. The number of piperidine rings is 5. The number of nitrogen functional groups attached to an aromatic ring is 1. The zero-order valence-corrected chi connectivity index (χ0v) is 85.5. The van der Waals surface area contributed by atoms with E-state index in [0.29, 0.717) is 85.8 Å². The number of amides is 4. The van der Waals surface area contributed by atoms with Gasteiger partial charge in [0.1, 0.15) is 35.4 Å². The van der Waals surface area contributed by atoms with Crippen molar-refractivity contribution in [3.05, 3.63) is 189 Å². The molecule has 7 fully saturated rings. The first-order valence-electron chi connectivity index (χ1n) is 51.1. The summed E-state index contributed by atoms with van der Waals surface area (Å²) in [7, 11) is 0. The van der Waals surface area contributed by atoms with Crippen LogP contribution in [-0.2, 0) is 25.6 Å². The molecule has 7 aliphatic rings. The van der Waals surface area contributed by atoms with Gasteiger partial charge in [-0.05, 0) is 218 Å². The second kappa shape index (κ2) is 42.6. The van der Waals surface area contributed by atoms with Crippen molar-refractivity contribution in [1.82, 2.24) is 95.5 Å². The van der Waals surface area contributed by atoms with Gasteiger partial charge in [-0.25, -0.2) is 9.97 Å². The molecule has 0 saturated carbocycles. The molecule has 7 saturated heterocycles. The molecule has 37 heteroatoms. The Bertz CT molecular complexity index is 6740. The van der Waals surface area contributed by atoms with Gasteiger partial charge in [-0.1, -0.05) is 110 Å². The second-order valence-corrected chi connectivity index (χ2v) is 43.8. The molecular weight excluding hydrogens is 1880 g/mol. The number of aryl methyl sites for hydroxylation is 2. The molecule has 4 amide bonds. The number of aliphatic hydroxyl groups is 2. The fourth-order valence-corrected chi connectivity index (χ4v) is 24.6. The average molecular weight is 2010 g/mol. The number of hydrogen-bond donors (Lipinski definition) is 8. The number of benzene rings is 4. The number of nitrogens with one attached hydrogen (secondary N) is 3. The van der Waals surface area contributed by atoms with Crippen LogP contribution in [0.2, 0.25) is 5.02 Å². The van der Waals surface area contributed by atoms with Crippen molar-refractivity contribution < 1.29 is 48.7 Å². The minimum Gasteiger partial charge on any atom is -0.507 e. The first-order valence-corrected chi connectivity index (χ1v) is 53.3. The molecule has 4 aromatic carbocycles. The molecule has 9 N–H and O–H groups in total. The number of anilines is 5. The third-order valence-corrected chi connectivity index (χ3v) is 33.1. The van der Waals surface area contributed by atoms with Crippen LogP contribution < -0.4 is 36.4 Å². The van der Waals surface area contributed by atoms with Gasteiger partial charge in [-0.3, -0.25) is 33.5 Å². The number of thiazole rings is 2. The van der Waals surface area contributed by atoms with Gasteiger partial charge in [-0.15, -0.1) is 43.1 Å². The van der Waals surface area contributed by atoms with Gasteiger partial charge in [0.25, 0.3) is 0 Å². The van der Waals surface area contributed by atoms with E-state index >= 15 is 9.59 Å². The Morgan fingerprint density at radius 1 is 0.535 bits per heavy atom. The molecule has 16 heterocycles. The molecule has 0 bridgehead atoms. The van der Waals surface area contributed by atoms with Crippen LogP contribution in [0.1, 0.15) is 213 Å². The Kier molecular flexibility index (Phi) is 29.2. The monoisotopic (exact) mass is 2010 g/mol. The predicted molar refractivity (Wildman–Crippen MR) is 557 cm³/mol. The number of fused-ring (bicyclic) bond motifs is 2. The smallest absolute Gasteiger partial charge is 0.243 e. The van der Waals surface area contributed by atoms with Crippen LogP contribution in [0.15, 0.2) is 148 Å². The van der Waals surface area contributed by atoms with Gasteiger partial charge in [0.15, 0.2) is 45.8 Å². The molecule has 8 atom stereocenters. The van der Waals surface area contributed by atoms with Crippen molar-refractivity contribution >= 4 is 109 Å². The van der Waals surface area contributed by atoms with Gasteiger partial charge in [-0.2, -0.15) is 10.2 Å². The van der Waals surface area contributed by atoms with E-state index in [1.165, 1.54) is 9.80 Å². The molecule has 7 aliphatic heterocycles. The highest BCUT2D eigenvalue weighted by molar-refractivity contribution is 7.13. The second-order valence-electron chi connectivity index (χ2n) is 41.6. The number of phenols is 2. The van der Waals surface area contributed by atoms with Crippen LogP contribution in [0.3, 0.4) is 0 Å². The van der Waals surface area contributed by atoms with E-state index in [0.717, 1.165) is 209 Å². The highest BCUT2D eigenvalue weighted by atomic mass is 35.5. The average Bonchev–Trinajstić information content (AvgIpc) is 1.55. The van der Waals surface area contributed by atoms with Crippen LogP contribution in [0.4, 0.5) is 29.0 Å².